The molecule has 0 aliphatic carbocycles. The summed E-state index contributed by atoms with van der Waals surface area (Å²) in [5.41, 5.74) is -1.32. The molecule has 0 aromatic heterocycles. The molecule has 2 aliphatic heterocycles. The summed E-state index contributed by atoms with van der Waals surface area (Å²) in [5, 5.41) is 15.3. The monoisotopic (exact) mass is 269 g/mol. The van der Waals surface area contributed by atoms with Gasteiger partial charge in [0.1, 0.15) is 5.54 Å². The fraction of sp³-hybridized carbons (Fsp3) is 0.846. The number of carbonyl (C=O) groups is 2. The van der Waals surface area contributed by atoms with Crippen LogP contribution < -0.4 is 10.6 Å². The standard InChI is InChI=1S/C13H23N3O3/c1-11(2)7-13(8-12(3,4)15-11)9(18)16(5-6-17)10(19)14-13/h15,17H,5-8H2,1-4H3,(H,14,19). The number of piperidine rings is 1. The summed E-state index contributed by atoms with van der Waals surface area (Å²) in [5.74, 6) is -0.214. The molecule has 0 bridgehead atoms. The molecule has 2 fully saturated rings. The van der Waals surface area contributed by atoms with Gasteiger partial charge in [0.15, 0.2) is 0 Å². The quantitative estimate of drug-likeness (QED) is 0.626. The molecule has 6 nitrogen and oxygen atoms in total. The van der Waals surface area contributed by atoms with Crippen molar-refractivity contribution in [2.45, 2.75) is 57.2 Å². The van der Waals surface area contributed by atoms with Crippen LogP contribution in [0.3, 0.4) is 0 Å². The first-order valence-electron chi connectivity index (χ1n) is 6.65. The van der Waals surface area contributed by atoms with Gasteiger partial charge in [-0.3, -0.25) is 9.69 Å². The molecule has 2 aliphatic rings. The zero-order valence-corrected chi connectivity index (χ0v) is 12.0. The van der Waals surface area contributed by atoms with Crippen LogP contribution in [0.2, 0.25) is 0 Å². The van der Waals surface area contributed by atoms with Gasteiger partial charge in [-0.2, -0.15) is 0 Å². The molecule has 3 amide bonds. The highest BCUT2D eigenvalue weighted by Crippen LogP contribution is 2.39. The minimum absolute atomic E-state index is 0.0563. The smallest absolute Gasteiger partial charge is 0.325 e. The maximum Gasteiger partial charge on any atom is 0.325 e. The van der Waals surface area contributed by atoms with Gasteiger partial charge in [-0.25, -0.2) is 4.79 Å². The molecule has 0 saturated carbocycles. The Labute approximate surface area is 113 Å². The van der Waals surface area contributed by atoms with Gasteiger partial charge in [-0.15, -0.1) is 0 Å². The summed E-state index contributed by atoms with van der Waals surface area (Å²) in [6.07, 6.45) is 1.10. The van der Waals surface area contributed by atoms with Crippen molar-refractivity contribution in [3.63, 3.8) is 0 Å². The maximum atomic E-state index is 12.6. The second kappa shape index (κ2) is 4.18. The number of hydrogen-bond donors (Lipinski definition) is 3. The van der Waals surface area contributed by atoms with Gasteiger partial charge in [0.25, 0.3) is 5.91 Å². The van der Waals surface area contributed by atoms with Crippen molar-refractivity contribution in [1.82, 2.24) is 15.5 Å². The first kappa shape index (κ1) is 14.3. The van der Waals surface area contributed by atoms with E-state index in [0.29, 0.717) is 12.8 Å². The number of β-amino-alcohol motifs (C(OH)–C–C–N with tert-alkyl or cyclic N) is 1. The number of aliphatic hydroxyl groups is 1. The van der Waals surface area contributed by atoms with Gasteiger partial charge in [-0.1, -0.05) is 0 Å². The normalized spacial score (nSPS) is 27.7. The Balaban J connectivity index is 2.33. The number of rotatable bonds is 2. The molecule has 0 unspecified atom stereocenters. The highest BCUT2D eigenvalue weighted by atomic mass is 16.3. The highest BCUT2D eigenvalue weighted by Gasteiger charge is 2.58. The number of carbonyl (C=O) groups excluding carboxylic acids is 2. The third-order valence-electron chi connectivity index (χ3n) is 3.73. The zero-order chi connectivity index (χ0) is 14.5. The van der Waals surface area contributed by atoms with Crippen LogP contribution in [0.25, 0.3) is 0 Å². The van der Waals surface area contributed by atoms with E-state index in [-0.39, 0.29) is 30.1 Å². The second-order valence-corrected chi connectivity index (χ2v) is 6.94. The van der Waals surface area contributed by atoms with Gasteiger partial charge < -0.3 is 15.7 Å². The molecule has 2 rings (SSSR count). The molecule has 2 heterocycles. The lowest BCUT2D eigenvalue weighted by molar-refractivity contribution is -0.134. The van der Waals surface area contributed by atoms with E-state index >= 15 is 0 Å². The van der Waals surface area contributed by atoms with Crippen LogP contribution in [-0.4, -0.2) is 51.7 Å². The molecule has 0 atom stereocenters. The molecular formula is C13H23N3O3. The molecule has 19 heavy (non-hydrogen) atoms. The molecular weight excluding hydrogens is 246 g/mol. The zero-order valence-electron chi connectivity index (χ0n) is 12.0. The molecule has 0 radical (unpaired) electrons. The third-order valence-corrected chi connectivity index (χ3v) is 3.73. The molecule has 2 saturated heterocycles. The van der Waals surface area contributed by atoms with Crippen molar-refractivity contribution in [1.29, 1.82) is 0 Å². The molecule has 108 valence electrons. The van der Waals surface area contributed by atoms with Crippen LogP contribution in [0.4, 0.5) is 4.79 Å². The van der Waals surface area contributed by atoms with Gasteiger partial charge in [0.05, 0.1) is 13.2 Å². The van der Waals surface area contributed by atoms with E-state index in [1.165, 1.54) is 0 Å². The van der Waals surface area contributed by atoms with Crippen molar-refractivity contribution in [3.05, 3.63) is 0 Å². The van der Waals surface area contributed by atoms with Crippen molar-refractivity contribution in [2.24, 2.45) is 0 Å². The summed E-state index contributed by atoms with van der Waals surface area (Å²) < 4.78 is 0. The number of aliphatic hydroxyl groups excluding tert-OH is 1. The fourth-order valence-electron chi connectivity index (χ4n) is 3.79. The number of nitrogens with one attached hydrogen (secondary N) is 2. The lowest BCUT2D eigenvalue weighted by atomic mass is 9.71. The number of imide groups is 1. The first-order chi connectivity index (χ1) is 8.61. The average Bonchev–Trinajstić information content (AvgIpc) is 2.38. The topological polar surface area (TPSA) is 81.7 Å². The Morgan fingerprint density at radius 2 is 1.68 bits per heavy atom. The van der Waals surface area contributed by atoms with Crippen LogP contribution in [0.5, 0.6) is 0 Å². The van der Waals surface area contributed by atoms with Gasteiger partial charge >= 0.3 is 6.03 Å². The lowest BCUT2D eigenvalue weighted by Gasteiger charge is -2.50. The highest BCUT2D eigenvalue weighted by molar-refractivity contribution is 6.07. The molecule has 0 aromatic rings. The Morgan fingerprint density at radius 1 is 1.16 bits per heavy atom. The van der Waals surface area contributed by atoms with Crippen LogP contribution >= 0.6 is 0 Å². The van der Waals surface area contributed by atoms with Crippen molar-refractivity contribution >= 4 is 11.9 Å². The van der Waals surface area contributed by atoms with E-state index in [1.807, 2.05) is 27.7 Å². The number of hydrogen-bond acceptors (Lipinski definition) is 4. The minimum atomic E-state index is -0.843. The van der Waals surface area contributed by atoms with Crippen LogP contribution in [0, 0.1) is 0 Å². The summed E-state index contributed by atoms with van der Waals surface area (Å²) in [6.45, 7) is 7.97. The van der Waals surface area contributed by atoms with E-state index in [0.717, 1.165) is 4.90 Å². The van der Waals surface area contributed by atoms with E-state index in [1.54, 1.807) is 0 Å². The SMILES string of the molecule is CC1(C)CC2(CC(C)(C)N1)NC(=O)N(CCO)C2=O. The predicted molar refractivity (Wildman–Crippen MR) is 70.6 cm³/mol. The summed E-state index contributed by atoms with van der Waals surface area (Å²) >= 11 is 0. The van der Waals surface area contributed by atoms with E-state index in [4.69, 9.17) is 5.11 Å². The number of urea groups is 1. The molecule has 0 aromatic carbocycles. The van der Waals surface area contributed by atoms with E-state index < -0.39 is 11.6 Å². The lowest BCUT2D eigenvalue weighted by Crippen LogP contribution is -2.68. The van der Waals surface area contributed by atoms with Crippen LogP contribution in [0.1, 0.15) is 40.5 Å². The summed E-state index contributed by atoms with van der Waals surface area (Å²) in [4.78, 5) is 25.6. The average molecular weight is 269 g/mol. The van der Waals surface area contributed by atoms with Gasteiger partial charge in [0.2, 0.25) is 0 Å². The second-order valence-electron chi connectivity index (χ2n) is 6.94. The fourth-order valence-corrected chi connectivity index (χ4v) is 3.79. The summed E-state index contributed by atoms with van der Waals surface area (Å²) in [6, 6.07) is -0.396. The maximum absolute atomic E-state index is 12.6. The molecule has 1 spiro atoms. The Kier molecular flexibility index (Phi) is 3.14. The largest absolute Gasteiger partial charge is 0.395 e. The van der Waals surface area contributed by atoms with E-state index in [2.05, 4.69) is 10.6 Å². The first-order valence-corrected chi connectivity index (χ1v) is 6.65. The molecule has 6 heteroatoms. The number of nitrogens with zero attached hydrogens (tertiary/aromatic N) is 1. The summed E-state index contributed by atoms with van der Waals surface area (Å²) in [7, 11) is 0. The Bertz CT molecular complexity index is 401. The van der Waals surface area contributed by atoms with Crippen LogP contribution in [-0.2, 0) is 4.79 Å². The van der Waals surface area contributed by atoms with E-state index in [9.17, 15) is 9.59 Å². The van der Waals surface area contributed by atoms with Crippen molar-refractivity contribution < 1.29 is 14.7 Å². The van der Waals surface area contributed by atoms with Gasteiger partial charge in [0, 0.05) is 11.1 Å². The number of amides is 3. The Hall–Kier alpha value is -1.14. The van der Waals surface area contributed by atoms with Crippen LogP contribution in [0.15, 0.2) is 0 Å². The minimum Gasteiger partial charge on any atom is -0.395 e. The molecule has 3 N–H and O–H groups in total. The van der Waals surface area contributed by atoms with Crippen molar-refractivity contribution in [3.8, 4) is 0 Å². The van der Waals surface area contributed by atoms with Gasteiger partial charge in [-0.05, 0) is 40.5 Å². The third kappa shape index (κ3) is 2.47. The Morgan fingerprint density at radius 3 is 2.16 bits per heavy atom. The predicted octanol–water partition coefficient (Wildman–Crippen LogP) is 0.210. The van der Waals surface area contributed by atoms with Crippen molar-refractivity contribution in [2.75, 3.05) is 13.2 Å².